The van der Waals surface area contributed by atoms with E-state index in [1.54, 1.807) is 24.4 Å². The maximum Gasteiger partial charge on any atom is 0.176 e. The number of rotatable bonds is 1. The zero-order valence-corrected chi connectivity index (χ0v) is 8.98. The van der Waals surface area contributed by atoms with Crippen molar-refractivity contribution in [3.8, 4) is 0 Å². The lowest BCUT2D eigenvalue weighted by molar-refractivity contribution is -0.101. The topological polar surface area (TPSA) is 97.2 Å². The molecule has 0 bridgehead atoms. The number of nitrogen functional groups attached to an aromatic ring is 1. The number of aliphatic hydroxyl groups is 2. The van der Waals surface area contributed by atoms with E-state index in [1.807, 2.05) is 0 Å². The highest BCUT2D eigenvalue weighted by Gasteiger charge is 2.39. The van der Waals surface area contributed by atoms with Crippen LogP contribution in [0.25, 0.3) is 11.0 Å². The fraction of sp³-hybridized carbons (Fsp3) is 0.273. The first-order valence-corrected chi connectivity index (χ1v) is 5.28. The molecule has 6 nitrogen and oxygen atoms in total. The Labute approximate surface area is 97.0 Å². The van der Waals surface area contributed by atoms with Gasteiger partial charge in [0.25, 0.3) is 0 Å². The van der Waals surface area contributed by atoms with Gasteiger partial charge in [-0.25, -0.2) is 9.97 Å². The second-order valence-electron chi connectivity index (χ2n) is 4.14. The van der Waals surface area contributed by atoms with E-state index < -0.39 is 11.8 Å². The summed E-state index contributed by atoms with van der Waals surface area (Å²) in [5.41, 5.74) is 4.85. The number of fused-ring (bicyclic) bond motifs is 1. The maximum atomic E-state index is 10.5. The summed E-state index contributed by atoms with van der Waals surface area (Å²) >= 11 is 0. The van der Waals surface area contributed by atoms with E-state index in [9.17, 15) is 10.2 Å². The fourth-order valence-corrected chi connectivity index (χ4v) is 2.17. The van der Waals surface area contributed by atoms with Crippen molar-refractivity contribution in [2.24, 2.45) is 0 Å². The van der Waals surface area contributed by atoms with Crippen LogP contribution >= 0.6 is 0 Å². The van der Waals surface area contributed by atoms with E-state index >= 15 is 0 Å². The van der Waals surface area contributed by atoms with Gasteiger partial charge in [0.2, 0.25) is 0 Å². The van der Waals surface area contributed by atoms with Crippen molar-refractivity contribution in [1.29, 1.82) is 0 Å². The monoisotopic (exact) mass is 232 g/mol. The summed E-state index contributed by atoms with van der Waals surface area (Å²) in [7, 11) is 0. The highest BCUT2D eigenvalue weighted by Crippen LogP contribution is 2.33. The molecule has 1 aliphatic rings. The van der Waals surface area contributed by atoms with Gasteiger partial charge in [0, 0.05) is 12.6 Å². The van der Waals surface area contributed by atoms with E-state index in [0.717, 1.165) is 0 Å². The Kier molecular flexibility index (Phi) is 1.98. The van der Waals surface area contributed by atoms with Crippen LogP contribution < -0.4 is 5.73 Å². The zero-order chi connectivity index (χ0) is 12.0. The molecule has 0 saturated carbocycles. The van der Waals surface area contributed by atoms with Crippen molar-refractivity contribution in [2.45, 2.75) is 18.2 Å². The lowest BCUT2D eigenvalue weighted by Crippen LogP contribution is -2.40. The first-order chi connectivity index (χ1) is 8.13. The minimum atomic E-state index is -1.39. The van der Waals surface area contributed by atoms with Crippen LogP contribution in [-0.2, 0) is 5.72 Å². The third-order valence-corrected chi connectivity index (χ3v) is 3.14. The van der Waals surface area contributed by atoms with Crippen LogP contribution in [0, 0.1) is 0 Å². The summed E-state index contributed by atoms with van der Waals surface area (Å²) in [5, 5.41) is 20.9. The SMILES string of the molecule is Nc1ncnc2c1ccn2C1(O)CC=CC1O. The lowest BCUT2D eigenvalue weighted by atomic mass is 10.1. The maximum absolute atomic E-state index is 10.5. The van der Waals surface area contributed by atoms with E-state index in [1.165, 1.54) is 10.9 Å². The third-order valence-electron chi connectivity index (χ3n) is 3.14. The van der Waals surface area contributed by atoms with Crippen LogP contribution in [0.15, 0.2) is 30.7 Å². The first kappa shape index (κ1) is 10.2. The Balaban J connectivity index is 2.22. The molecule has 0 amide bonds. The molecule has 17 heavy (non-hydrogen) atoms. The Morgan fingerprint density at radius 1 is 1.47 bits per heavy atom. The molecule has 0 aliphatic heterocycles. The minimum absolute atomic E-state index is 0.335. The summed E-state index contributed by atoms with van der Waals surface area (Å²) in [6, 6.07) is 1.73. The van der Waals surface area contributed by atoms with Crippen molar-refractivity contribution >= 4 is 16.9 Å². The fourth-order valence-electron chi connectivity index (χ4n) is 2.17. The van der Waals surface area contributed by atoms with E-state index in [-0.39, 0.29) is 0 Å². The van der Waals surface area contributed by atoms with Gasteiger partial charge < -0.3 is 20.5 Å². The van der Waals surface area contributed by atoms with Gasteiger partial charge in [-0.2, -0.15) is 0 Å². The van der Waals surface area contributed by atoms with Crippen LogP contribution in [0.3, 0.4) is 0 Å². The Bertz CT molecular complexity index is 607. The van der Waals surface area contributed by atoms with Crippen molar-refractivity contribution in [1.82, 2.24) is 14.5 Å². The Morgan fingerprint density at radius 3 is 3.00 bits per heavy atom. The van der Waals surface area contributed by atoms with Gasteiger partial charge in [-0.05, 0) is 6.07 Å². The third kappa shape index (κ3) is 1.28. The first-order valence-electron chi connectivity index (χ1n) is 5.28. The largest absolute Gasteiger partial charge is 0.384 e. The molecular weight excluding hydrogens is 220 g/mol. The van der Waals surface area contributed by atoms with Crippen LogP contribution in [-0.4, -0.2) is 30.9 Å². The molecule has 0 fully saturated rings. The minimum Gasteiger partial charge on any atom is -0.384 e. The van der Waals surface area contributed by atoms with Crippen molar-refractivity contribution in [3.63, 3.8) is 0 Å². The number of hydrogen-bond acceptors (Lipinski definition) is 5. The second-order valence-corrected chi connectivity index (χ2v) is 4.14. The summed E-state index contributed by atoms with van der Waals surface area (Å²) in [6.45, 7) is 0. The van der Waals surface area contributed by atoms with E-state index in [0.29, 0.717) is 23.3 Å². The van der Waals surface area contributed by atoms with Crippen LogP contribution in [0.2, 0.25) is 0 Å². The van der Waals surface area contributed by atoms with E-state index in [2.05, 4.69) is 9.97 Å². The normalized spacial score (nSPS) is 28.0. The molecule has 0 saturated heterocycles. The number of anilines is 1. The molecule has 0 radical (unpaired) electrons. The highest BCUT2D eigenvalue weighted by molar-refractivity contribution is 5.86. The summed E-state index contributed by atoms with van der Waals surface area (Å²) in [6.07, 6.45) is 5.69. The van der Waals surface area contributed by atoms with Crippen LogP contribution in [0.1, 0.15) is 6.42 Å². The molecule has 0 spiro atoms. The van der Waals surface area contributed by atoms with Gasteiger partial charge in [-0.1, -0.05) is 12.2 Å². The quantitative estimate of drug-likeness (QED) is 0.600. The number of nitrogens with zero attached hydrogens (tertiary/aromatic N) is 3. The molecule has 88 valence electrons. The Hall–Kier alpha value is -1.92. The molecule has 1 aliphatic carbocycles. The summed E-state index contributed by atoms with van der Waals surface area (Å²) < 4.78 is 1.53. The Morgan fingerprint density at radius 2 is 2.29 bits per heavy atom. The molecule has 2 aromatic rings. The van der Waals surface area contributed by atoms with Gasteiger partial charge in [-0.15, -0.1) is 0 Å². The lowest BCUT2D eigenvalue weighted by Gasteiger charge is -2.28. The second kappa shape index (κ2) is 3.28. The predicted molar refractivity (Wildman–Crippen MR) is 61.9 cm³/mol. The highest BCUT2D eigenvalue weighted by atomic mass is 16.4. The van der Waals surface area contributed by atoms with Crippen molar-refractivity contribution in [3.05, 3.63) is 30.7 Å². The molecule has 3 rings (SSSR count). The number of aliphatic hydroxyl groups excluding tert-OH is 1. The average molecular weight is 232 g/mol. The van der Waals surface area contributed by atoms with Gasteiger partial charge >= 0.3 is 0 Å². The molecule has 2 heterocycles. The van der Waals surface area contributed by atoms with Gasteiger partial charge in [0.1, 0.15) is 23.9 Å². The molecular formula is C11H12N4O2. The number of hydrogen-bond donors (Lipinski definition) is 3. The molecule has 2 atom stereocenters. The predicted octanol–water partition coefficient (Wildman–Crippen LogP) is -0.0206. The van der Waals surface area contributed by atoms with E-state index in [4.69, 9.17) is 5.73 Å². The molecule has 4 N–H and O–H groups in total. The standard InChI is InChI=1S/C11H12N4O2/c12-9-7-3-5-15(10(7)14-6-13-9)11(17)4-1-2-8(11)16/h1-3,5-6,8,16-17H,4H2,(H2,12,13,14). The van der Waals surface area contributed by atoms with Crippen molar-refractivity contribution in [2.75, 3.05) is 5.73 Å². The van der Waals surface area contributed by atoms with Gasteiger partial charge in [0.15, 0.2) is 5.72 Å². The molecule has 2 aromatic heterocycles. The van der Waals surface area contributed by atoms with Gasteiger partial charge in [-0.3, -0.25) is 0 Å². The molecule has 6 heteroatoms. The van der Waals surface area contributed by atoms with Gasteiger partial charge in [0.05, 0.1) is 5.39 Å². The summed E-state index contributed by atoms with van der Waals surface area (Å²) in [5.74, 6) is 0.359. The molecule has 0 aromatic carbocycles. The average Bonchev–Trinajstić information content (AvgIpc) is 2.86. The number of nitrogens with two attached hydrogens (primary N) is 1. The van der Waals surface area contributed by atoms with Crippen LogP contribution in [0.4, 0.5) is 5.82 Å². The smallest absolute Gasteiger partial charge is 0.176 e. The summed E-state index contributed by atoms with van der Waals surface area (Å²) in [4.78, 5) is 7.98. The zero-order valence-electron chi connectivity index (χ0n) is 8.98. The van der Waals surface area contributed by atoms with Crippen LogP contribution in [0.5, 0.6) is 0 Å². The van der Waals surface area contributed by atoms with Crippen molar-refractivity contribution < 1.29 is 10.2 Å². The number of aromatic nitrogens is 3. The molecule has 2 unspecified atom stereocenters.